The molecule has 2 rings (SSSR count). The lowest BCUT2D eigenvalue weighted by Crippen LogP contribution is -2.47. The molecule has 0 aliphatic rings. The van der Waals surface area contributed by atoms with Gasteiger partial charge in [-0.25, -0.2) is 0 Å². The average molecular weight is 388 g/mol. The summed E-state index contributed by atoms with van der Waals surface area (Å²) in [7, 11) is 0. The SMILES string of the molecule is CCNCc1cccc(NC(=O)C(NC(=O)c2ccc(Cl)cc2)C(C)C)c1. The summed E-state index contributed by atoms with van der Waals surface area (Å²) in [5, 5.41) is 9.53. The topological polar surface area (TPSA) is 70.2 Å². The molecule has 27 heavy (non-hydrogen) atoms. The molecule has 144 valence electrons. The summed E-state index contributed by atoms with van der Waals surface area (Å²) in [5.74, 6) is -0.611. The lowest BCUT2D eigenvalue weighted by molar-refractivity contribution is -0.118. The highest BCUT2D eigenvalue weighted by Crippen LogP contribution is 2.14. The van der Waals surface area contributed by atoms with E-state index < -0.39 is 6.04 Å². The van der Waals surface area contributed by atoms with Gasteiger partial charge in [0.05, 0.1) is 0 Å². The van der Waals surface area contributed by atoms with Gasteiger partial charge in [-0.15, -0.1) is 0 Å². The van der Waals surface area contributed by atoms with Crippen molar-refractivity contribution in [2.24, 2.45) is 5.92 Å². The van der Waals surface area contributed by atoms with Crippen LogP contribution in [0.5, 0.6) is 0 Å². The van der Waals surface area contributed by atoms with E-state index in [1.54, 1.807) is 24.3 Å². The fourth-order valence-electron chi connectivity index (χ4n) is 2.61. The number of hydrogen-bond acceptors (Lipinski definition) is 3. The van der Waals surface area contributed by atoms with Crippen molar-refractivity contribution in [3.8, 4) is 0 Å². The molecule has 0 fully saturated rings. The Morgan fingerprint density at radius 2 is 1.78 bits per heavy atom. The van der Waals surface area contributed by atoms with Crippen molar-refractivity contribution in [2.45, 2.75) is 33.4 Å². The first-order valence-electron chi connectivity index (χ1n) is 9.07. The number of nitrogens with one attached hydrogen (secondary N) is 3. The van der Waals surface area contributed by atoms with E-state index in [-0.39, 0.29) is 17.7 Å². The second-order valence-electron chi connectivity index (χ2n) is 6.67. The van der Waals surface area contributed by atoms with Crippen LogP contribution >= 0.6 is 11.6 Å². The van der Waals surface area contributed by atoms with Crippen molar-refractivity contribution in [1.82, 2.24) is 10.6 Å². The van der Waals surface area contributed by atoms with Crippen molar-refractivity contribution < 1.29 is 9.59 Å². The number of rotatable bonds is 8. The van der Waals surface area contributed by atoms with Crippen LogP contribution < -0.4 is 16.0 Å². The fourth-order valence-corrected chi connectivity index (χ4v) is 2.74. The Hall–Kier alpha value is -2.37. The van der Waals surface area contributed by atoms with E-state index in [9.17, 15) is 9.59 Å². The van der Waals surface area contributed by atoms with Crippen molar-refractivity contribution in [2.75, 3.05) is 11.9 Å². The molecule has 0 aliphatic carbocycles. The lowest BCUT2D eigenvalue weighted by Gasteiger charge is -2.22. The Labute approximate surface area is 165 Å². The van der Waals surface area contributed by atoms with Crippen LogP contribution in [0.2, 0.25) is 5.02 Å². The van der Waals surface area contributed by atoms with Crippen molar-refractivity contribution in [3.63, 3.8) is 0 Å². The van der Waals surface area contributed by atoms with Gasteiger partial charge in [0.1, 0.15) is 6.04 Å². The predicted molar refractivity (Wildman–Crippen MR) is 110 cm³/mol. The van der Waals surface area contributed by atoms with Crippen LogP contribution in [0, 0.1) is 5.92 Å². The third kappa shape index (κ3) is 6.38. The highest BCUT2D eigenvalue weighted by atomic mass is 35.5. The van der Waals surface area contributed by atoms with E-state index >= 15 is 0 Å². The molecule has 6 heteroatoms. The van der Waals surface area contributed by atoms with Gasteiger partial charge in [0.25, 0.3) is 5.91 Å². The predicted octanol–water partition coefficient (Wildman–Crippen LogP) is 3.84. The van der Waals surface area contributed by atoms with Gasteiger partial charge < -0.3 is 16.0 Å². The summed E-state index contributed by atoms with van der Waals surface area (Å²) in [6.45, 7) is 7.45. The van der Waals surface area contributed by atoms with Gasteiger partial charge >= 0.3 is 0 Å². The second kappa shape index (κ2) is 10.1. The Morgan fingerprint density at radius 3 is 2.41 bits per heavy atom. The highest BCUT2D eigenvalue weighted by Gasteiger charge is 2.24. The molecule has 0 aromatic heterocycles. The molecule has 2 aromatic carbocycles. The molecular weight excluding hydrogens is 362 g/mol. The Morgan fingerprint density at radius 1 is 1.07 bits per heavy atom. The van der Waals surface area contributed by atoms with Gasteiger partial charge in [-0.05, 0) is 54.4 Å². The molecule has 0 saturated heterocycles. The first-order valence-corrected chi connectivity index (χ1v) is 9.45. The quantitative estimate of drug-likeness (QED) is 0.644. The molecule has 1 unspecified atom stereocenters. The number of carbonyl (C=O) groups excluding carboxylic acids is 2. The zero-order valence-electron chi connectivity index (χ0n) is 15.9. The number of hydrogen-bond donors (Lipinski definition) is 3. The summed E-state index contributed by atoms with van der Waals surface area (Å²) in [5.41, 5.74) is 2.26. The van der Waals surface area contributed by atoms with Gasteiger partial charge in [0.15, 0.2) is 0 Å². The van der Waals surface area contributed by atoms with Crippen molar-refractivity contribution >= 4 is 29.1 Å². The maximum Gasteiger partial charge on any atom is 0.251 e. The maximum absolute atomic E-state index is 12.7. The van der Waals surface area contributed by atoms with Crippen LogP contribution in [0.15, 0.2) is 48.5 Å². The van der Waals surface area contributed by atoms with E-state index in [2.05, 4.69) is 16.0 Å². The van der Waals surface area contributed by atoms with E-state index in [4.69, 9.17) is 11.6 Å². The lowest BCUT2D eigenvalue weighted by atomic mass is 10.0. The summed E-state index contributed by atoms with van der Waals surface area (Å²) >= 11 is 5.86. The van der Waals surface area contributed by atoms with Crippen LogP contribution in [-0.4, -0.2) is 24.4 Å². The summed E-state index contributed by atoms with van der Waals surface area (Å²) in [6.07, 6.45) is 0. The second-order valence-corrected chi connectivity index (χ2v) is 7.11. The molecule has 2 amide bonds. The molecule has 0 saturated carbocycles. The van der Waals surface area contributed by atoms with Crippen LogP contribution in [0.1, 0.15) is 36.7 Å². The Bertz CT molecular complexity index is 775. The normalized spacial score (nSPS) is 11.9. The van der Waals surface area contributed by atoms with Crippen LogP contribution in [0.4, 0.5) is 5.69 Å². The van der Waals surface area contributed by atoms with E-state index in [0.717, 1.165) is 18.7 Å². The molecule has 2 aromatic rings. The average Bonchev–Trinajstić information content (AvgIpc) is 2.64. The molecule has 0 radical (unpaired) electrons. The largest absolute Gasteiger partial charge is 0.340 e. The molecule has 1 atom stereocenters. The van der Waals surface area contributed by atoms with Gasteiger partial charge in [0.2, 0.25) is 5.91 Å². The molecular formula is C21H26ClN3O2. The van der Waals surface area contributed by atoms with E-state index in [1.165, 1.54) is 0 Å². The maximum atomic E-state index is 12.7. The van der Waals surface area contributed by atoms with E-state index in [0.29, 0.717) is 16.3 Å². The minimum Gasteiger partial charge on any atom is -0.340 e. The first-order chi connectivity index (χ1) is 12.9. The van der Waals surface area contributed by atoms with Gasteiger partial charge in [0, 0.05) is 22.8 Å². The van der Waals surface area contributed by atoms with Crippen LogP contribution in [0.3, 0.4) is 0 Å². The molecule has 3 N–H and O–H groups in total. The minimum absolute atomic E-state index is 0.0637. The Balaban J connectivity index is 2.06. The molecule has 0 aliphatic heterocycles. The van der Waals surface area contributed by atoms with Gasteiger partial charge in [-0.3, -0.25) is 9.59 Å². The van der Waals surface area contributed by atoms with Crippen molar-refractivity contribution in [3.05, 3.63) is 64.7 Å². The third-order valence-corrected chi connectivity index (χ3v) is 4.37. The van der Waals surface area contributed by atoms with Crippen LogP contribution in [0.25, 0.3) is 0 Å². The molecule has 5 nitrogen and oxygen atoms in total. The molecule has 0 bridgehead atoms. The third-order valence-electron chi connectivity index (χ3n) is 4.12. The monoisotopic (exact) mass is 387 g/mol. The zero-order chi connectivity index (χ0) is 19.8. The number of carbonyl (C=O) groups is 2. The van der Waals surface area contributed by atoms with Crippen molar-refractivity contribution in [1.29, 1.82) is 0 Å². The first kappa shape index (κ1) is 20.9. The zero-order valence-corrected chi connectivity index (χ0v) is 16.6. The number of benzene rings is 2. The Kier molecular flexibility index (Phi) is 7.82. The standard InChI is InChI=1S/C21H26ClN3O2/c1-4-23-13-15-6-5-7-18(12-15)24-21(27)19(14(2)3)25-20(26)16-8-10-17(22)11-9-16/h5-12,14,19,23H,4,13H2,1-3H3,(H,24,27)(H,25,26). The molecule has 0 spiro atoms. The highest BCUT2D eigenvalue weighted by molar-refractivity contribution is 6.30. The number of halogens is 1. The van der Waals surface area contributed by atoms with Gasteiger partial charge in [-0.2, -0.15) is 0 Å². The fraction of sp³-hybridized carbons (Fsp3) is 0.333. The smallest absolute Gasteiger partial charge is 0.251 e. The van der Waals surface area contributed by atoms with Gasteiger partial charge in [-0.1, -0.05) is 44.5 Å². The number of anilines is 1. The summed E-state index contributed by atoms with van der Waals surface area (Å²) in [6, 6.07) is 13.6. The summed E-state index contributed by atoms with van der Waals surface area (Å²) in [4.78, 5) is 25.2. The summed E-state index contributed by atoms with van der Waals surface area (Å²) < 4.78 is 0. The molecule has 0 heterocycles. The van der Waals surface area contributed by atoms with E-state index in [1.807, 2.05) is 45.0 Å². The number of amides is 2. The van der Waals surface area contributed by atoms with Crippen LogP contribution in [-0.2, 0) is 11.3 Å². The minimum atomic E-state index is -0.648.